The predicted octanol–water partition coefficient (Wildman–Crippen LogP) is 4.77. The van der Waals surface area contributed by atoms with E-state index < -0.39 is 0 Å². The molecule has 0 fully saturated rings. The van der Waals surface area contributed by atoms with Crippen molar-refractivity contribution in [2.24, 2.45) is 5.92 Å². The molecule has 2 rings (SSSR count). The van der Waals surface area contributed by atoms with Crippen LogP contribution in [0, 0.1) is 12.8 Å². The average molecular weight is 400 g/mol. The van der Waals surface area contributed by atoms with Crippen molar-refractivity contribution in [3.63, 3.8) is 0 Å². The van der Waals surface area contributed by atoms with E-state index in [2.05, 4.69) is 85.8 Å². The lowest BCUT2D eigenvalue weighted by atomic mass is 9.96. The molecule has 0 aliphatic heterocycles. The molecule has 20 heavy (non-hydrogen) atoms. The van der Waals surface area contributed by atoms with Gasteiger partial charge in [-0.3, -0.25) is 4.68 Å². The van der Waals surface area contributed by atoms with Crippen LogP contribution in [-0.2, 0) is 19.4 Å². The van der Waals surface area contributed by atoms with Crippen LogP contribution in [0.4, 0.5) is 0 Å². The summed E-state index contributed by atoms with van der Waals surface area (Å²) in [6, 6.07) is 10.8. The Morgan fingerprint density at radius 1 is 1.25 bits per heavy atom. The smallest absolute Gasteiger partial charge is 0.0596 e. The molecule has 1 unspecified atom stereocenters. The highest BCUT2D eigenvalue weighted by Crippen LogP contribution is 2.20. The van der Waals surface area contributed by atoms with Gasteiger partial charge in [-0.25, -0.2) is 0 Å². The molecule has 2 nitrogen and oxygen atoms in total. The maximum atomic E-state index is 4.53. The van der Waals surface area contributed by atoms with Gasteiger partial charge in [-0.1, -0.05) is 44.0 Å². The van der Waals surface area contributed by atoms with Crippen molar-refractivity contribution in [2.45, 2.75) is 33.2 Å². The highest BCUT2D eigenvalue weighted by Gasteiger charge is 2.13. The zero-order chi connectivity index (χ0) is 14.5. The van der Waals surface area contributed by atoms with Crippen molar-refractivity contribution in [2.75, 3.05) is 5.33 Å². The van der Waals surface area contributed by atoms with Crippen LogP contribution in [-0.4, -0.2) is 15.1 Å². The second-order valence-corrected chi connectivity index (χ2v) is 6.71. The first-order chi connectivity index (χ1) is 9.62. The number of benzene rings is 1. The Hall–Kier alpha value is -0.610. The molecule has 0 spiro atoms. The summed E-state index contributed by atoms with van der Waals surface area (Å²) in [6.45, 7) is 5.15. The van der Waals surface area contributed by atoms with Crippen molar-refractivity contribution in [3.8, 4) is 0 Å². The van der Waals surface area contributed by atoms with Crippen LogP contribution < -0.4 is 0 Å². The summed E-state index contributed by atoms with van der Waals surface area (Å²) in [5, 5.41) is 5.54. The molecule has 0 aliphatic rings. The number of rotatable bonds is 6. The van der Waals surface area contributed by atoms with Crippen LogP contribution in [0.3, 0.4) is 0 Å². The number of halogens is 2. The normalized spacial score (nSPS) is 12.6. The summed E-state index contributed by atoms with van der Waals surface area (Å²) in [6.07, 6.45) is 2.14. The van der Waals surface area contributed by atoms with E-state index in [1.165, 1.54) is 11.3 Å². The molecule has 1 aromatic heterocycles. The van der Waals surface area contributed by atoms with Crippen LogP contribution in [0.5, 0.6) is 0 Å². The molecule has 1 aromatic carbocycles. The lowest BCUT2D eigenvalue weighted by molar-refractivity contribution is 0.536. The topological polar surface area (TPSA) is 17.8 Å². The van der Waals surface area contributed by atoms with Gasteiger partial charge in [0.05, 0.1) is 5.69 Å². The van der Waals surface area contributed by atoms with E-state index >= 15 is 0 Å². The van der Waals surface area contributed by atoms with Gasteiger partial charge in [-0.2, -0.15) is 5.10 Å². The van der Waals surface area contributed by atoms with Gasteiger partial charge in [0.2, 0.25) is 0 Å². The molecule has 0 N–H and O–H groups in total. The minimum Gasteiger partial charge on any atom is -0.270 e. The molecule has 1 atom stereocenters. The third kappa shape index (κ3) is 4.19. The molecule has 108 valence electrons. The Labute approximate surface area is 137 Å². The van der Waals surface area contributed by atoms with E-state index in [1.54, 1.807) is 0 Å². The van der Waals surface area contributed by atoms with Gasteiger partial charge >= 0.3 is 0 Å². The van der Waals surface area contributed by atoms with Crippen LogP contribution in [0.25, 0.3) is 0 Å². The SMILES string of the molecule is CCn1nc(C)cc1CC(CBr)Cc1cccc(Br)c1. The first-order valence-corrected chi connectivity index (χ1v) is 8.87. The van der Waals surface area contributed by atoms with E-state index in [9.17, 15) is 0 Å². The molecule has 4 heteroatoms. The molecule has 0 saturated heterocycles. The molecule has 2 aromatic rings. The molecule has 0 bridgehead atoms. The number of aryl methyl sites for hydroxylation is 2. The molecule has 0 radical (unpaired) electrons. The van der Waals surface area contributed by atoms with E-state index in [-0.39, 0.29) is 0 Å². The van der Waals surface area contributed by atoms with Crippen molar-refractivity contribution in [1.82, 2.24) is 9.78 Å². The summed E-state index contributed by atoms with van der Waals surface area (Å²) in [5.41, 5.74) is 3.82. The molecular weight excluding hydrogens is 380 g/mol. The van der Waals surface area contributed by atoms with Crippen LogP contribution in [0.15, 0.2) is 34.8 Å². The fourth-order valence-corrected chi connectivity index (χ4v) is 3.42. The molecule has 0 amide bonds. The third-order valence-electron chi connectivity index (χ3n) is 3.41. The third-order valence-corrected chi connectivity index (χ3v) is 4.82. The van der Waals surface area contributed by atoms with Gasteiger partial charge in [0, 0.05) is 22.0 Å². The number of hydrogen-bond donors (Lipinski definition) is 0. The monoisotopic (exact) mass is 398 g/mol. The number of aromatic nitrogens is 2. The van der Waals surface area contributed by atoms with Gasteiger partial charge in [0.1, 0.15) is 0 Å². The highest BCUT2D eigenvalue weighted by atomic mass is 79.9. The Kier molecular flexibility index (Phi) is 5.85. The quantitative estimate of drug-likeness (QED) is 0.639. The maximum absolute atomic E-state index is 4.53. The zero-order valence-corrected chi connectivity index (χ0v) is 15.1. The lowest BCUT2D eigenvalue weighted by Crippen LogP contribution is -2.13. The highest BCUT2D eigenvalue weighted by molar-refractivity contribution is 9.10. The molecule has 1 heterocycles. The summed E-state index contributed by atoms with van der Waals surface area (Å²) in [7, 11) is 0. The van der Waals surface area contributed by atoms with Gasteiger partial charge in [0.15, 0.2) is 0 Å². The van der Waals surface area contributed by atoms with Crippen molar-refractivity contribution in [3.05, 3.63) is 51.8 Å². The second-order valence-electron chi connectivity index (χ2n) is 5.15. The minimum absolute atomic E-state index is 0.589. The zero-order valence-electron chi connectivity index (χ0n) is 11.9. The van der Waals surface area contributed by atoms with Crippen molar-refractivity contribution in [1.29, 1.82) is 0 Å². The van der Waals surface area contributed by atoms with Gasteiger partial charge in [-0.15, -0.1) is 0 Å². The van der Waals surface area contributed by atoms with Gasteiger partial charge in [-0.05, 0) is 56.4 Å². The Morgan fingerprint density at radius 3 is 2.70 bits per heavy atom. The van der Waals surface area contributed by atoms with E-state index in [1.807, 2.05) is 0 Å². The number of alkyl halides is 1. The number of hydrogen-bond acceptors (Lipinski definition) is 1. The molecule has 0 saturated carbocycles. The standard InChI is InChI=1S/C16H20Br2N2/c1-3-20-16(7-12(2)19-20)10-14(11-17)8-13-5-4-6-15(18)9-13/h4-7,9,14H,3,8,10-11H2,1-2H3. The Bertz CT molecular complexity index is 563. The maximum Gasteiger partial charge on any atom is 0.0596 e. The van der Waals surface area contributed by atoms with Crippen molar-refractivity contribution < 1.29 is 0 Å². The van der Waals surface area contributed by atoms with Gasteiger partial charge in [0.25, 0.3) is 0 Å². The fourth-order valence-electron chi connectivity index (χ4n) is 2.51. The second kappa shape index (κ2) is 7.41. The minimum atomic E-state index is 0.589. The molecule has 0 aliphatic carbocycles. The fraction of sp³-hybridized carbons (Fsp3) is 0.438. The van der Waals surface area contributed by atoms with Gasteiger partial charge < -0.3 is 0 Å². The summed E-state index contributed by atoms with van der Waals surface area (Å²) < 4.78 is 3.27. The van der Waals surface area contributed by atoms with E-state index in [0.29, 0.717) is 5.92 Å². The Balaban J connectivity index is 2.08. The molecular formula is C16H20Br2N2. The first-order valence-electron chi connectivity index (χ1n) is 6.96. The van der Waals surface area contributed by atoms with E-state index in [4.69, 9.17) is 0 Å². The largest absolute Gasteiger partial charge is 0.270 e. The predicted molar refractivity (Wildman–Crippen MR) is 91.5 cm³/mol. The summed E-state index contributed by atoms with van der Waals surface area (Å²) >= 11 is 7.20. The lowest BCUT2D eigenvalue weighted by Gasteiger charge is -2.15. The van der Waals surface area contributed by atoms with Crippen LogP contribution in [0.2, 0.25) is 0 Å². The summed E-state index contributed by atoms with van der Waals surface area (Å²) in [5.74, 6) is 0.589. The number of nitrogens with zero attached hydrogens (tertiary/aromatic N) is 2. The Morgan fingerprint density at radius 2 is 2.05 bits per heavy atom. The van der Waals surface area contributed by atoms with E-state index in [0.717, 1.165) is 34.9 Å². The van der Waals surface area contributed by atoms with Crippen molar-refractivity contribution >= 4 is 31.9 Å². The van der Waals surface area contributed by atoms with Crippen LogP contribution >= 0.6 is 31.9 Å². The average Bonchev–Trinajstić information content (AvgIpc) is 2.78. The van der Waals surface area contributed by atoms with Crippen LogP contribution in [0.1, 0.15) is 23.9 Å². The first kappa shape index (κ1) is 15.8. The summed E-state index contributed by atoms with van der Waals surface area (Å²) in [4.78, 5) is 0.